The predicted molar refractivity (Wildman–Crippen MR) is 82.9 cm³/mol. The predicted octanol–water partition coefficient (Wildman–Crippen LogP) is 2.78. The maximum absolute atomic E-state index is 3.57. The molecule has 1 heterocycles. The highest BCUT2D eigenvalue weighted by atomic mass is 15.1. The second kappa shape index (κ2) is 5.26. The monoisotopic (exact) mass is 260 g/mol. The third-order valence-corrected chi connectivity index (χ3v) is 4.25. The van der Waals surface area contributed by atoms with E-state index in [0.717, 1.165) is 26.2 Å². The first-order valence-electron chi connectivity index (χ1n) is 7.32. The van der Waals surface area contributed by atoms with Gasteiger partial charge in [-0.3, -0.25) is 0 Å². The lowest BCUT2D eigenvalue weighted by Crippen LogP contribution is -2.39. The number of nitrogens with one attached hydrogen (secondary N) is 1. The van der Waals surface area contributed by atoms with Gasteiger partial charge in [-0.05, 0) is 23.6 Å². The van der Waals surface area contributed by atoms with Crippen LogP contribution in [0.3, 0.4) is 0 Å². The highest BCUT2D eigenvalue weighted by Crippen LogP contribution is 2.28. The first-order valence-corrected chi connectivity index (χ1v) is 7.32. The van der Waals surface area contributed by atoms with Gasteiger partial charge in [0.1, 0.15) is 0 Å². The van der Waals surface area contributed by atoms with Gasteiger partial charge < -0.3 is 10.2 Å². The molecular formula is C17H28N2. The van der Waals surface area contributed by atoms with Gasteiger partial charge in [0.15, 0.2) is 0 Å². The highest BCUT2D eigenvalue weighted by Gasteiger charge is 2.30. The highest BCUT2D eigenvalue weighted by molar-refractivity contribution is 5.32. The Labute approximate surface area is 118 Å². The van der Waals surface area contributed by atoms with Gasteiger partial charge in [-0.1, -0.05) is 52.0 Å². The molecular weight excluding hydrogens is 232 g/mol. The molecule has 2 heteroatoms. The number of hydrogen-bond donors (Lipinski definition) is 1. The molecule has 1 N–H and O–H groups in total. The maximum Gasteiger partial charge on any atom is 0.0176 e. The summed E-state index contributed by atoms with van der Waals surface area (Å²) in [6, 6.07) is 9.24. The van der Waals surface area contributed by atoms with Gasteiger partial charge in [-0.15, -0.1) is 0 Å². The fourth-order valence-electron chi connectivity index (χ4n) is 2.93. The Balaban J connectivity index is 2.25. The lowest BCUT2D eigenvalue weighted by atomic mass is 9.79. The zero-order chi connectivity index (χ0) is 14.1. The number of hydrogen-bond acceptors (Lipinski definition) is 2. The van der Waals surface area contributed by atoms with Crippen molar-refractivity contribution in [2.75, 3.05) is 33.2 Å². The fourth-order valence-corrected chi connectivity index (χ4v) is 2.93. The zero-order valence-corrected chi connectivity index (χ0v) is 13.1. The minimum absolute atomic E-state index is 0.210. The van der Waals surface area contributed by atoms with Crippen molar-refractivity contribution in [3.8, 4) is 0 Å². The van der Waals surface area contributed by atoms with Crippen molar-refractivity contribution >= 4 is 0 Å². The van der Waals surface area contributed by atoms with E-state index in [1.165, 1.54) is 11.1 Å². The van der Waals surface area contributed by atoms with E-state index in [0.29, 0.717) is 0 Å². The average molecular weight is 260 g/mol. The van der Waals surface area contributed by atoms with Crippen molar-refractivity contribution in [3.05, 3.63) is 35.4 Å². The molecule has 1 saturated heterocycles. The summed E-state index contributed by atoms with van der Waals surface area (Å²) < 4.78 is 0. The lowest BCUT2D eigenvalue weighted by Gasteiger charge is -2.32. The van der Waals surface area contributed by atoms with Crippen molar-refractivity contribution in [1.29, 1.82) is 0 Å². The second-order valence-electron chi connectivity index (χ2n) is 7.30. The molecule has 1 fully saturated rings. The lowest BCUT2D eigenvalue weighted by molar-refractivity contribution is 0.290. The Morgan fingerprint density at radius 2 is 1.79 bits per heavy atom. The van der Waals surface area contributed by atoms with E-state index in [1.807, 2.05) is 0 Å². The Morgan fingerprint density at radius 1 is 1.16 bits per heavy atom. The van der Waals surface area contributed by atoms with Crippen LogP contribution >= 0.6 is 0 Å². The summed E-state index contributed by atoms with van der Waals surface area (Å²) in [4.78, 5) is 2.43. The minimum atomic E-state index is 0.210. The van der Waals surface area contributed by atoms with Crippen LogP contribution < -0.4 is 5.32 Å². The van der Waals surface area contributed by atoms with E-state index < -0.39 is 0 Å². The molecule has 0 aromatic heterocycles. The van der Waals surface area contributed by atoms with E-state index in [4.69, 9.17) is 0 Å². The number of likely N-dealkylation sites (N-methyl/N-ethyl adjacent to an activating group) is 1. The smallest absolute Gasteiger partial charge is 0.0176 e. The summed E-state index contributed by atoms with van der Waals surface area (Å²) in [6.07, 6.45) is 0. The van der Waals surface area contributed by atoms with Crippen LogP contribution in [-0.2, 0) is 10.8 Å². The number of rotatable bonds is 1. The van der Waals surface area contributed by atoms with E-state index in [-0.39, 0.29) is 10.8 Å². The summed E-state index contributed by atoms with van der Waals surface area (Å²) in [5.74, 6) is 0. The number of benzene rings is 1. The molecule has 2 nitrogen and oxygen atoms in total. The van der Waals surface area contributed by atoms with Crippen LogP contribution in [0.1, 0.15) is 38.8 Å². The van der Waals surface area contributed by atoms with Gasteiger partial charge in [0.25, 0.3) is 0 Å². The molecule has 1 atom stereocenters. The molecule has 2 rings (SSSR count). The zero-order valence-electron chi connectivity index (χ0n) is 13.1. The van der Waals surface area contributed by atoms with Crippen molar-refractivity contribution < 1.29 is 0 Å². The molecule has 0 radical (unpaired) electrons. The summed E-state index contributed by atoms with van der Waals surface area (Å²) in [6.45, 7) is 13.6. The molecule has 0 amide bonds. The normalized spacial score (nSPS) is 26.2. The van der Waals surface area contributed by atoms with E-state index in [1.54, 1.807) is 0 Å². The standard InChI is InChI=1S/C17H28N2/c1-16(2,3)14-6-8-15(9-7-14)17(4)12-18-10-11-19(5)13-17/h6-9,18H,10-13H2,1-5H3. The average Bonchev–Trinajstić information content (AvgIpc) is 2.50. The van der Waals surface area contributed by atoms with E-state index in [9.17, 15) is 0 Å². The van der Waals surface area contributed by atoms with Gasteiger partial charge in [0.05, 0.1) is 0 Å². The Bertz CT molecular complexity index is 416. The van der Waals surface area contributed by atoms with Crippen LogP contribution in [-0.4, -0.2) is 38.1 Å². The minimum Gasteiger partial charge on any atom is -0.315 e. The van der Waals surface area contributed by atoms with Gasteiger partial charge >= 0.3 is 0 Å². The molecule has 106 valence electrons. The molecule has 1 aromatic rings. The van der Waals surface area contributed by atoms with Crippen LogP contribution in [0.25, 0.3) is 0 Å². The summed E-state index contributed by atoms with van der Waals surface area (Å²) >= 11 is 0. The Hall–Kier alpha value is -0.860. The first-order chi connectivity index (χ1) is 8.81. The first kappa shape index (κ1) is 14.5. The third kappa shape index (κ3) is 3.37. The van der Waals surface area contributed by atoms with Gasteiger partial charge in [0, 0.05) is 31.6 Å². The molecule has 1 aliphatic heterocycles. The summed E-state index contributed by atoms with van der Waals surface area (Å²) in [5, 5.41) is 3.57. The van der Waals surface area contributed by atoms with Gasteiger partial charge in [-0.2, -0.15) is 0 Å². The molecule has 19 heavy (non-hydrogen) atoms. The van der Waals surface area contributed by atoms with Crippen LogP contribution in [0.2, 0.25) is 0 Å². The van der Waals surface area contributed by atoms with Crippen LogP contribution in [0.4, 0.5) is 0 Å². The van der Waals surface area contributed by atoms with Crippen molar-refractivity contribution in [1.82, 2.24) is 10.2 Å². The molecule has 0 aliphatic carbocycles. The van der Waals surface area contributed by atoms with Crippen molar-refractivity contribution in [2.45, 2.75) is 38.5 Å². The molecule has 1 aromatic carbocycles. The Morgan fingerprint density at radius 3 is 2.37 bits per heavy atom. The SMILES string of the molecule is CN1CCNCC(C)(c2ccc(C(C)(C)C)cc2)C1. The fraction of sp³-hybridized carbons (Fsp3) is 0.647. The van der Waals surface area contributed by atoms with E-state index >= 15 is 0 Å². The summed E-state index contributed by atoms with van der Waals surface area (Å²) in [7, 11) is 2.22. The van der Waals surface area contributed by atoms with Gasteiger partial charge in [-0.25, -0.2) is 0 Å². The largest absolute Gasteiger partial charge is 0.315 e. The molecule has 0 saturated carbocycles. The van der Waals surface area contributed by atoms with Gasteiger partial charge in [0.2, 0.25) is 0 Å². The summed E-state index contributed by atoms with van der Waals surface area (Å²) in [5.41, 5.74) is 3.30. The molecule has 0 spiro atoms. The Kier molecular flexibility index (Phi) is 4.03. The van der Waals surface area contributed by atoms with Crippen molar-refractivity contribution in [2.24, 2.45) is 0 Å². The third-order valence-electron chi connectivity index (χ3n) is 4.25. The molecule has 1 aliphatic rings. The molecule has 0 bridgehead atoms. The maximum atomic E-state index is 3.57. The number of nitrogens with zero attached hydrogens (tertiary/aromatic N) is 1. The van der Waals surface area contributed by atoms with E-state index in [2.05, 4.69) is 69.2 Å². The quantitative estimate of drug-likeness (QED) is 0.835. The second-order valence-corrected chi connectivity index (χ2v) is 7.30. The molecule has 1 unspecified atom stereocenters. The topological polar surface area (TPSA) is 15.3 Å². The van der Waals surface area contributed by atoms with Crippen molar-refractivity contribution in [3.63, 3.8) is 0 Å². The van der Waals surface area contributed by atoms with Crippen LogP contribution in [0.5, 0.6) is 0 Å². The van der Waals surface area contributed by atoms with Crippen LogP contribution in [0.15, 0.2) is 24.3 Å². The van der Waals surface area contributed by atoms with Crippen LogP contribution in [0, 0.1) is 0 Å².